The second-order valence-corrected chi connectivity index (χ2v) is 6.51. The molecule has 3 rings (SSSR count). The third-order valence-corrected chi connectivity index (χ3v) is 4.43. The number of rotatable bonds is 9. The summed E-state index contributed by atoms with van der Waals surface area (Å²) >= 11 is 0. The highest BCUT2D eigenvalue weighted by atomic mass is 16.5. The van der Waals surface area contributed by atoms with Gasteiger partial charge in [0.15, 0.2) is 11.5 Å². The lowest BCUT2D eigenvalue weighted by atomic mass is 10.1. The second kappa shape index (κ2) is 10.1. The Kier molecular flexibility index (Phi) is 7.05. The molecule has 0 spiro atoms. The van der Waals surface area contributed by atoms with E-state index in [4.69, 9.17) is 9.47 Å². The number of carbonyl (C=O) groups excluding carboxylic acids is 1. The molecule has 1 aromatic heterocycles. The van der Waals surface area contributed by atoms with Crippen LogP contribution in [0.4, 0.5) is 11.5 Å². The molecule has 150 valence electrons. The van der Waals surface area contributed by atoms with Gasteiger partial charge in [-0.3, -0.25) is 4.79 Å². The molecular weight excluding hydrogens is 366 g/mol. The zero-order valence-corrected chi connectivity index (χ0v) is 16.6. The van der Waals surface area contributed by atoms with Crippen LogP contribution in [0.15, 0.2) is 66.9 Å². The van der Waals surface area contributed by atoms with Crippen LogP contribution < -0.4 is 20.1 Å². The number of pyridine rings is 1. The minimum Gasteiger partial charge on any atom is -0.493 e. The van der Waals surface area contributed by atoms with Gasteiger partial charge in [0.25, 0.3) is 0 Å². The van der Waals surface area contributed by atoms with Crippen LogP contribution >= 0.6 is 0 Å². The Labute approximate surface area is 170 Å². The van der Waals surface area contributed by atoms with E-state index in [0.717, 1.165) is 24.2 Å². The van der Waals surface area contributed by atoms with Gasteiger partial charge in [-0.15, -0.1) is 0 Å². The van der Waals surface area contributed by atoms with Crippen molar-refractivity contribution in [3.05, 3.63) is 78.0 Å². The maximum atomic E-state index is 12.3. The van der Waals surface area contributed by atoms with Crippen LogP contribution in [-0.2, 0) is 17.6 Å². The van der Waals surface area contributed by atoms with Crippen LogP contribution in [0.5, 0.6) is 11.5 Å². The minimum absolute atomic E-state index is 0.144. The van der Waals surface area contributed by atoms with Gasteiger partial charge in [0.05, 0.1) is 32.5 Å². The first-order valence-corrected chi connectivity index (χ1v) is 9.42. The van der Waals surface area contributed by atoms with E-state index in [1.165, 1.54) is 5.56 Å². The quantitative estimate of drug-likeness (QED) is 0.578. The zero-order valence-electron chi connectivity index (χ0n) is 16.6. The molecule has 1 heterocycles. The number of nitrogens with one attached hydrogen (secondary N) is 2. The smallest absolute Gasteiger partial charge is 0.229 e. The van der Waals surface area contributed by atoms with E-state index in [2.05, 4.69) is 27.8 Å². The molecule has 2 N–H and O–H groups in total. The molecule has 0 aliphatic heterocycles. The highest BCUT2D eigenvalue weighted by Crippen LogP contribution is 2.27. The fraction of sp³-hybridized carbons (Fsp3) is 0.217. The third-order valence-electron chi connectivity index (χ3n) is 4.43. The van der Waals surface area contributed by atoms with Crippen LogP contribution in [0.1, 0.15) is 11.1 Å². The molecule has 6 heteroatoms. The Morgan fingerprint density at radius 2 is 1.72 bits per heavy atom. The Balaban J connectivity index is 1.49. The molecule has 0 bridgehead atoms. The molecule has 0 aliphatic carbocycles. The largest absolute Gasteiger partial charge is 0.493 e. The van der Waals surface area contributed by atoms with Gasteiger partial charge in [0, 0.05) is 6.54 Å². The maximum Gasteiger partial charge on any atom is 0.229 e. The molecule has 1 amide bonds. The molecule has 6 nitrogen and oxygen atoms in total. The summed E-state index contributed by atoms with van der Waals surface area (Å²) in [6.07, 6.45) is 2.88. The number of hydrogen-bond donors (Lipinski definition) is 2. The van der Waals surface area contributed by atoms with Crippen molar-refractivity contribution in [2.45, 2.75) is 12.8 Å². The lowest BCUT2D eigenvalue weighted by molar-refractivity contribution is -0.115. The summed E-state index contributed by atoms with van der Waals surface area (Å²) in [6.45, 7) is 0.816. The van der Waals surface area contributed by atoms with Crippen molar-refractivity contribution in [2.75, 3.05) is 31.4 Å². The Morgan fingerprint density at radius 1 is 0.931 bits per heavy atom. The van der Waals surface area contributed by atoms with Crippen LogP contribution in [0.3, 0.4) is 0 Å². The summed E-state index contributed by atoms with van der Waals surface area (Å²) in [7, 11) is 3.15. The molecule has 0 saturated heterocycles. The number of aromatic nitrogens is 1. The first-order chi connectivity index (χ1) is 14.2. The van der Waals surface area contributed by atoms with Crippen molar-refractivity contribution in [3.8, 4) is 11.5 Å². The van der Waals surface area contributed by atoms with Gasteiger partial charge in [-0.25, -0.2) is 4.98 Å². The van der Waals surface area contributed by atoms with E-state index in [1.807, 2.05) is 30.3 Å². The van der Waals surface area contributed by atoms with Crippen LogP contribution in [0.25, 0.3) is 0 Å². The molecule has 2 aromatic carbocycles. The predicted molar refractivity (Wildman–Crippen MR) is 115 cm³/mol. The molecule has 3 aromatic rings. The number of benzene rings is 2. The van der Waals surface area contributed by atoms with E-state index in [1.54, 1.807) is 38.6 Å². The molecular formula is C23H25N3O3. The van der Waals surface area contributed by atoms with Crippen molar-refractivity contribution < 1.29 is 14.3 Å². The Bertz CT molecular complexity index is 928. The molecule has 0 aliphatic rings. The fourth-order valence-corrected chi connectivity index (χ4v) is 2.93. The van der Waals surface area contributed by atoms with Crippen LogP contribution in [-0.4, -0.2) is 31.7 Å². The van der Waals surface area contributed by atoms with Gasteiger partial charge >= 0.3 is 0 Å². The summed E-state index contributed by atoms with van der Waals surface area (Å²) in [5.74, 6) is 1.61. The number of carbonyl (C=O) groups is 1. The number of anilines is 2. The van der Waals surface area contributed by atoms with E-state index >= 15 is 0 Å². The lowest BCUT2D eigenvalue weighted by Crippen LogP contribution is -2.15. The minimum atomic E-state index is -0.144. The highest BCUT2D eigenvalue weighted by Gasteiger charge is 2.09. The van der Waals surface area contributed by atoms with Gasteiger partial charge in [-0.2, -0.15) is 0 Å². The maximum absolute atomic E-state index is 12.3. The Hall–Kier alpha value is -3.54. The second-order valence-electron chi connectivity index (χ2n) is 6.51. The predicted octanol–water partition coefficient (Wildman–Crippen LogP) is 3.93. The van der Waals surface area contributed by atoms with E-state index < -0.39 is 0 Å². The van der Waals surface area contributed by atoms with Gasteiger partial charge < -0.3 is 20.1 Å². The zero-order chi connectivity index (χ0) is 20.5. The Morgan fingerprint density at radius 3 is 2.41 bits per heavy atom. The highest BCUT2D eigenvalue weighted by molar-refractivity contribution is 5.91. The van der Waals surface area contributed by atoms with Crippen molar-refractivity contribution in [3.63, 3.8) is 0 Å². The lowest BCUT2D eigenvalue weighted by Gasteiger charge is -2.10. The van der Waals surface area contributed by atoms with E-state index in [-0.39, 0.29) is 12.3 Å². The number of hydrogen-bond acceptors (Lipinski definition) is 5. The van der Waals surface area contributed by atoms with Gasteiger partial charge in [-0.05, 0) is 41.8 Å². The van der Waals surface area contributed by atoms with Crippen LogP contribution in [0, 0.1) is 0 Å². The standard InChI is InChI=1S/C23H25N3O3/c1-28-20-10-8-18(14-21(20)29-2)15-23(27)26-22-11-9-19(16-25-22)24-13-12-17-6-4-3-5-7-17/h3-11,14,16,24H,12-13,15H2,1-2H3,(H,25,26,27). The van der Waals surface area contributed by atoms with E-state index in [9.17, 15) is 4.79 Å². The summed E-state index contributed by atoms with van der Waals surface area (Å²) in [6, 6.07) is 19.4. The molecule has 0 fully saturated rings. The average Bonchev–Trinajstić information content (AvgIpc) is 2.75. The fourth-order valence-electron chi connectivity index (χ4n) is 2.93. The van der Waals surface area contributed by atoms with Gasteiger partial charge in [-0.1, -0.05) is 36.4 Å². The number of amides is 1. The molecule has 29 heavy (non-hydrogen) atoms. The van der Waals surface area contributed by atoms with Crippen molar-refractivity contribution in [1.29, 1.82) is 0 Å². The van der Waals surface area contributed by atoms with Gasteiger partial charge in [0.2, 0.25) is 5.91 Å². The monoisotopic (exact) mass is 391 g/mol. The third kappa shape index (κ3) is 5.97. The van der Waals surface area contributed by atoms with Gasteiger partial charge in [0.1, 0.15) is 5.82 Å². The van der Waals surface area contributed by atoms with Crippen molar-refractivity contribution in [2.24, 2.45) is 0 Å². The number of methoxy groups -OCH3 is 2. The van der Waals surface area contributed by atoms with Crippen molar-refractivity contribution in [1.82, 2.24) is 4.98 Å². The SMILES string of the molecule is COc1ccc(CC(=O)Nc2ccc(NCCc3ccccc3)cn2)cc1OC. The first kappa shape index (κ1) is 20.2. The topological polar surface area (TPSA) is 72.5 Å². The number of nitrogens with zero attached hydrogens (tertiary/aromatic N) is 1. The van der Waals surface area contributed by atoms with E-state index in [0.29, 0.717) is 17.3 Å². The molecule has 0 radical (unpaired) electrons. The summed E-state index contributed by atoms with van der Waals surface area (Å²) in [4.78, 5) is 16.6. The van der Waals surface area contributed by atoms with Crippen molar-refractivity contribution >= 4 is 17.4 Å². The summed E-state index contributed by atoms with van der Waals surface area (Å²) in [5, 5.41) is 6.15. The normalized spacial score (nSPS) is 10.3. The average molecular weight is 391 g/mol. The molecule has 0 unspecified atom stereocenters. The molecule has 0 saturated carbocycles. The summed E-state index contributed by atoms with van der Waals surface area (Å²) in [5.41, 5.74) is 3.03. The number of ether oxygens (including phenoxy) is 2. The molecule has 0 atom stereocenters. The summed E-state index contributed by atoms with van der Waals surface area (Å²) < 4.78 is 10.5. The first-order valence-electron chi connectivity index (χ1n) is 9.42. The van der Waals surface area contributed by atoms with Crippen LogP contribution in [0.2, 0.25) is 0 Å².